The Kier molecular flexibility index (Phi) is 3.20. The first-order valence-corrected chi connectivity index (χ1v) is 6.32. The van der Waals surface area contributed by atoms with Crippen molar-refractivity contribution in [2.45, 2.75) is 24.1 Å². The van der Waals surface area contributed by atoms with Gasteiger partial charge in [-0.25, -0.2) is 4.79 Å². The first-order valence-electron chi connectivity index (χ1n) is 5.10. The molecular weight excluding hydrogens is 228 g/mol. The van der Waals surface area contributed by atoms with Gasteiger partial charge in [-0.15, -0.1) is 0 Å². The molecule has 88 valence electrons. The summed E-state index contributed by atoms with van der Waals surface area (Å²) in [4.78, 5) is 10.6. The summed E-state index contributed by atoms with van der Waals surface area (Å²) >= 11 is 1.88. The van der Waals surface area contributed by atoms with Gasteiger partial charge >= 0.3 is 5.97 Å². The van der Waals surface area contributed by atoms with Gasteiger partial charge in [0.05, 0.1) is 6.54 Å². The van der Waals surface area contributed by atoms with Crippen molar-refractivity contribution in [2.24, 2.45) is 0 Å². The van der Waals surface area contributed by atoms with Crippen molar-refractivity contribution in [3.63, 3.8) is 0 Å². The number of nitrogens with one attached hydrogen (secondary N) is 1. The van der Waals surface area contributed by atoms with Crippen molar-refractivity contribution in [3.8, 4) is 0 Å². The highest BCUT2D eigenvalue weighted by Crippen LogP contribution is 2.46. The summed E-state index contributed by atoms with van der Waals surface area (Å²) in [5.74, 6) is -0.493. The second-order valence-electron chi connectivity index (χ2n) is 3.97. The number of aromatic carboxylic acids is 1. The zero-order chi connectivity index (χ0) is 11.6. The topological polar surface area (TPSA) is 75.4 Å². The zero-order valence-corrected chi connectivity index (χ0v) is 9.84. The first kappa shape index (κ1) is 11.5. The van der Waals surface area contributed by atoms with E-state index in [1.165, 1.54) is 18.9 Å². The van der Waals surface area contributed by atoms with E-state index in [-0.39, 0.29) is 5.69 Å². The minimum Gasteiger partial charge on any atom is -0.476 e. The van der Waals surface area contributed by atoms with Gasteiger partial charge in [-0.2, -0.15) is 11.8 Å². The van der Waals surface area contributed by atoms with Gasteiger partial charge in [-0.05, 0) is 19.1 Å². The molecule has 1 aromatic rings. The van der Waals surface area contributed by atoms with Crippen LogP contribution in [0.3, 0.4) is 0 Å². The average Bonchev–Trinajstić information content (AvgIpc) is 2.88. The predicted molar refractivity (Wildman–Crippen MR) is 60.6 cm³/mol. The van der Waals surface area contributed by atoms with Crippen molar-refractivity contribution in [1.29, 1.82) is 0 Å². The number of rotatable bonds is 6. The Bertz CT molecular complexity index is 387. The Balaban J connectivity index is 1.79. The lowest BCUT2D eigenvalue weighted by atomic mass is 10.3. The molecule has 0 radical (unpaired) electrons. The molecule has 0 spiro atoms. The van der Waals surface area contributed by atoms with Crippen LogP contribution in [0.1, 0.15) is 29.1 Å². The quantitative estimate of drug-likeness (QED) is 0.784. The van der Waals surface area contributed by atoms with Gasteiger partial charge in [0.2, 0.25) is 0 Å². The Morgan fingerprint density at radius 1 is 1.75 bits per heavy atom. The van der Waals surface area contributed by atoms with Crippen LogP contribution in [0.2, 0.25) is 0 Å². The van der Waals surface area contributed by atoms with Gasteiger partial charge in [-0.3, -0.25) is 0 Å². The van der Waals surface area contributed by atoms with Crippen LogP contribution in [0.15, 0.2) is 10.6 Å². The summed E-state index contributed by atoms with van der Waals surface area (Å²) in [6.45, 7) is 1.46. The van der Waals surface area contributed by atoms with Crippen molar-refractivity contribution in [3.05, 3.63) is 17.5 Å². The van der Waals surface area contributed by atoms with E-state index in [0.717, 1.165) is 6.54 Å². The van der Waals surface area contributed by atoms with Crippen LogP contribution in [0.25, 0.3) is 0 Å². The summed E-state index contributed by atoms with van der Waals surface area (Å²) in [6, 6.07) is 1.45. The van der Waals surface area contributed by atoms with E-state index in [1.807, 2.05) is 11.8 Å². The maximum atomic E-state index is 10.6. The number of carboxylic acid groups (broad SMARTS) is 1. The second-order valence-corrected chi connectivity index (χ2v) is 5.25. The van der Waals surface area contributed by atoms with E-state index in [1.54, 1.807) is 0 Å². The predicted octanol–water partition coefficient (Wildman–Crippen LogP) is 1.36. The number of hydrogen-bond donors (Lipinski definition) is 2. The molecular formula is C10H14N2O3S. The van der Waals surface area contributed by atoms with Gasteiger partial charge in [0, 0.05) is 17.4 Å². The summed E-state index contributed by atoms with van der Waals surface area (Å²) in [5, 5.41) is 15.4. The third kappa shape index (κ3) is 2.56. The SMILES string of the molecule is CSC1(CNCc2cc(C(=O)O)no2)CC1. The maximum absolute atomic E-state index is 10.6. The fourth-order valence-electron chi connectivity index (χ4n) is 1.50. The zero-order valence-electron chi connectivity index (χ0n) is 9.02. The largest absolute Gasteiger partial charge is 0.476 e. The monoisotopic (exact) mass is 242 g/mol. The molecule has 0 atom stereocenters. The van der Waals surface area contributed by atoms with E-state index in [2.05, 4.69) is 16.7 Å². The van der Waals surface area contributed by atoms with Crippen molar-refractivity contribution in [2.75, 3.05) is 12.8 Å². The van der Waals surface area contributed by atoms with Crippen LogP contribution >= 0.6 is 11.8 Å². The first-order chi connectivity index (χ1) is 7.65. The molecule has 6 heteroatoms. The van der Waals surface area contributed by atoms with E-state index in [9.17, 15) is 4.79 Å². The number of nitrogens with zero attached hydrogens (tertiary/aromatic N) is 1. The number of carbonyl (C=O) groups is 1. The minimum absolute atomic E-state index is 0.0391. The standard InChI is InChI=1S/C10H14N2O3S/c1-16-10(2-3-10)6-11-5-7-4-8(9(13)14)12-15-7/h4,11H,2-3,5-6H2,1H3,(H,13,14). The number of aromatic nitrogens is 1. The van der Waals surface area contributed by atoms with Gasteiger partial charge in [0.25, 0.3) is 0 Å². The summed E-state index contributed by atoms with van der Waals surface area (Å²) in [7, 11) is 0. The maximum Gasteiger partial charge on any atom is 0.358 e. The summed E-state index contributed by atoms with van der Waals surface area (Å²) in [5.41, 5.74) is -0.0391. The third-order valence-electron chi connectivity index (χ3n) is 2.77. The van der Waals surface area contributed by atoms with Gasteiger partial charge in [0.15, 0.2) is 11.5 Å². The average molecular weight is 242 g/mol. The van der Waals surface area contributed by atoms with Crippen molar-refractivity contribution >= 4 is 17.7 Å². The highest BCUT2D eigenvalue weighted by molar-refractivity contribution is 8.00. The summed E-state index contributed by atoms with van der Waals surface area (Å²) in [6.07, 6.45) is 4.61. The molecule has 2 rings (SSSR count). The Morgan fingerprint density at radius 2 is 2.50 bits per heavy atom. The van der Waals surface area contributed by atoms with Crippen LogP contribution in [0, 0.1) is 0 Å². The molecule has 16 heavy (non-hydrogen) atoms. The lowest BCUT2D eigenvalue weighted by molar-refractivity contribution is 0.0685. The normalized spacial score (nSPS) is 17.3. The molecule has 0 aromatic carbocycles. The minimum atomic E-state index is -1.06. The van der Waals surface area contributed by atoms with E-state index < -0.39 is 5.97 Å². The molecule has 1 aliphatic carbocycles. The van der Waals surface area contributed by atoms with Crippen LogP contribution in [-0.4, -0.2) is 33.8 Å². The van der Waals surface area contributed by atoms with Crippen molar-refractivity contribution < 1.29 is 14.4 Å². The van der Waals surface area contributed by atoms with Gasteiger partial charge in [0.1, 0.15) is 0 Å². The molecule has 0 bridgehead atoms. The van der Waals surface area contributed by atoms with E-state index in [4.69, 9.17) is 9.63 Å². The molecule has 0 aliphatic heterocycles. The fraction of sp³-hybridized carbons (Fsp3) is 0.600. The van der Waals surface area contributed by atoms with E-state index >= 15 is 0 Å². The molecule has 0 amide bonds. The van der Waals surface area contributed by atoms with Crippen LogP contribution in [-0.2, 0) is 6.54 Å². The molecule has 2 N–H and O–H groups in total. The fourth-order valence-corrected chi connectivity index (χ4v) is 2.26. The Hall–Kier alpha value is -1.01. The molecule has 0 unspecified atom stereocenters. The lowest BCUT2D eigenvalue weighted by Gasteiger charge is -2.11. The van der Waals surface area contributed by atoms with Crippen LogP contribution in [0.4, 0.5) is 0 Å². The van der Waals surface area contributed by atoms with Gasteiger partial charge < -0.3 is 14.9 Å². The van der Waals surface area contributed by atoms with Crippen LogP contribution in [0.5, 0.6) is 0 Å². The Morgan fingerprint density at radius 3 is 3.00 bits per heavy atom. The number of carboxylic acids is 1. The highest BCUT2D eigenvalue weighted by atomic mass is 32.2. The molecule has 1 saturated carbocycles. The molecule has 5 nitrogen and oxygen atoms in total. The third-order valence-corrected chi connectivity index (χ3v) is 4.18. The highest BCUT2D eigenvalue weighted by Gasteiger charge is 2.41. The van der Waals surface area contributed by atoms with Crippen LogP contribution < -0.4 is 5.32 Å². The lowest BCUT2D eigenvalue weighted by Crippen LogP contribution is -2.25. The second kappa shape index (κ2) is 4.47. The molecule has 1 aliphatic rings. The molecule has 1 fully saturated rings. The van der Waals surface area contributed by atoms with Crippen molar-refractivity contribution in [1.82, 2.24) is 10.5 Å². The smallest absolute Gasteiger partial charge is 0.358 e. The van der Waals surface area contributed by atoms with E-state index in [0.29, 0.717) is 17.1 Å². The summed E-state index contributed by atoms with van der Waals surface area (Å²) < 4.78 is 5.29. The number of hydrogen-bond acceptors (Lipinski definition) is 5. The Labute approximate surface area is 97.6 Å². The van der Waals surface area contributed by atoms with Gasteiger partial charge in [-0.1, -0.05) is 5.16 Å². The molecule has 1 aromatic heterocycles. The number of thioether (sulfide) groups is 1. The molecule has 1 heterocycles. The molecule has 0 saturated heterocycles.